The van der Waals surface area contributed by atoms with E-state index in [-0.39, 0.29) is 55.0 Å². The SMILES string of the molecule is C[C@@H](COCCC(=O)N1CCN2c3ncc(C(F)(F)F)cc3OCC[C@@H]2C1)Nc1cn[nH]c(=O)c1Cl. The molecular weight excluding hydrogens is 505 g/mol. The number of alkyl halides is 3. The van der Waals surface area contributed by atoms with Crippen molar-refractivity contribution in [1.29, 1.82) is 0 Å². The van der Waals surface area contributed by atoms with Gasteiger partial charge in [0.15, 0.2) is 11.6 Å². The van der Waals surface area contributed by atoms with E-state index in [1.165, 1.54) is 6.20 Å². The number of H-pyrrole nitrogens is 1. The first kappa shape index (κ1) is 26.0. The Labute approximate surface area is 209 Å². The van der Waals surface area contributed by atoms with Gasteiger partial charge in [0.1, 0.15) is 5.02 Å². The van der Waals surface area contributed by atoms with Crippen LogP contribution in [0.5, 0.6) is 5.75 Å². The molecular formula is C22H26ClF3N6O4. The Morgan fingerprint density at radius 2 is 2.19 bits per heavy atom. The van der Waals surface area contributed by atoms with Gasteiger partial charge in [-0.15, -0.1) is 0 Å². The largest absolute Gasteiger partial charge is 0.490 e. The quantitative estimate of drug-likeness (QED) is 0.525. The van der Waals surface area contributed by atoms with Crippen molar-refractivity contribution >= 4 is 29.0 Å². The molecule has 14 heteroatoms. The number of rotatable bonds is 7. The first-order chi connectivity index (χ1) is 17.1. The van der Waals surface area contributed by atoms with E-state index >= 15 is 0 Å². The molecule has 0 spiro atoms. The lowest BCUT2D eigenvalue weighted by atomic mass is 10.1. The van der Waals surface area contributed by atoms with Crippen LogP contribution in [0.15, 0.2) is 23.3 Å². The first-order valence-corrected chi connectivity index (χ1v) is 11.8. The minimum atomic E-state index is -4.50. The zero-order valence-corrected chi connectivity index (χ0v) is 20.2. The molecule has 4 heterocycles. The molecule has 36 heavy (non-hydrogen) atoms. The summed E-state index contributed by atoms with van der Waals surface area (Å²) in [5.41, 5.74) is -0.954. The van der Waals surface area contributed by atoms with Gasteiger partial charge in [-0.1, -0.05) is 11.6 Å². The van der Waals surface area contributed by atoms with Crippen LogP contribution in [0.3, 0.4) is 0 Å². The number of anilines is 2. The summed E-state index contributed by atoms with van der Waals surface area (Å²) in [6.07, 6.45) is -1.53. The lowest BCUT2D eigenvalue weighted by Crippen LogP contribution is -2.55. The number of aromatic nitrogens is 3. The summed E-state index contributed by atoms with van der Waals surface area (Å²) in [6, 6.07) is 0.697. The Balaban J connectivity index is 1.25. The maximum absolute atomic E-state index is 13.0. The van der Waals surface area contributed by atoms with Gasteiger partial charge in [0.25, 0.3) is 5.56 Å². The van der Waals surface area contributed by atoms with Crippen LogP contribution in [0.4, 0.5) is 24.7 Å². The highest BCUT2D eigenvalue weighted by Crippen LogP contribution is 2.38. The number of nitrogens with zero attached hydrogens (tertiary/aromatic N) is 4. The van der Waals surface area contributed by atoms with Crippen LogP contribution in [-0.4, -0.2) is 77.5 Å². The first-order valence-electron chi connectivity index (χ1n) is 11.5. The van der Waals surface area contributed by atoms with Crippen molar-refractivity contribution in [2.75, 3.05) is 49.7 Å². The van der Waals surface area contributed by atoms with Crippen LogP contribution in [-0.2, 0) is 15.7 Å². The smallest absolute Gasteiger partial charge is 0.418 e. The molecule has 0 unspecified atom stereocenters. The van der Waals surface area contributed by atoms with Crippen molar-refractivity contribution in [1.82, 2.24) is 20.1 Å². The molecule has 2 aromatic heterocycles. The van der Waals surface area contributed by atoms with Gasteiger partial charge >= 0.3 is 6.18 Å². The van der Waals surface area contributed by atoms with Crippen molar-refractivity contribution in [3.63, 3.8) is 0 Å². The molecule has 2 atom stereocenters. The number of fused-ring (bicyclic) bond motifs is 3. The molecule has 0 aromatic carbocycles. The summed E-state index contributed by atoms with van der Waals surface area (Å²) >= 11 is 5.94. The molecule has 0 radical (unpaired) electrons. The molecule has 2 N–H and O–H groups in total. The van der Waals surface area contributed by atoms with Crippen molar-refractivity contribution in [3.8, 4) is 5.75 Å². The Morgan fingerprint density at radius 1 is 1.39 bits per heavy atom. The third-order valence-corrected chi connectivity index (χ3v) is 6.38. The molecule has 1 fully saturated rings. The van der Waals surface area contributed by atoms with Gasteiger partial charge in [-0.05, 0) is 13.0 Å². The summed E-state index contributed by atoms with van der Waals surface area (Å²) in [5, 5.41) is 8.98. The molecule has 196 valence electrons. The van der Waals surface area contributed by atoms with E-state index in [0.717, 1.165) is 12.3 Å². The summed E-state index contributed by atoms with van der Waals surface area (Å²) < 4.78 is 50.3. The van der Waals surface area contributed by atoms with Crippen molar-refractivity contribution in [2.24, 2.45) is 0 Å². The highest BCUT2D eigenvalue weighted by molar-refractivity contribution is 6.32. The second-order valence-electron chi connectivity index (χ2n) is 8.66. The summed E-state index contributed by atoms with van der Waals surface area (Å²) in [4.78, 5) is 32.0. The number of ether oxygens (including phenoxy) is 2. The van der Waals surface area contributed by atoms with Crippen LogP contribution in [0.1, 0.15) is 25.3 Å². The number of amides is 1. The van der Waals surface area contributed by atoms with E-state index in [0.29, 0.717) is 37.6 Å². The fraction of sp³-hybridized carbons (Fsp3) is 0.545. The van der Waals surface area contributed by atoms with E-state index in [2.05, 4.69) is 20.5 Å². The number of carbonyl (C=O) groups excluding carboxylic acids is 1. The summed E-state index contributed by atoms with van der Waals surface area (Å²) in [6.45, 7) is 3.87. The molecule has 2 aromatic rings. The molecule has 1 amide bonds. The second-order valence-corrected chi connectivity index (χ2v) is 9.04. The molecule has 2 aliphatic rings. The predicted octanol–water partition coefficient (Wildman–Crippen LogP) is 2.54. The zero-order chi connectivity index (χ0) is 25.9. The Kier molecular flexibility index (Phi) is 7.88. The normalized spacial score (nSPS) is 18.5. The van der Waals surface area contributed by atoms with Crippen molar-refractivity contribution in [2.45, 2.75) is 38.0 Å². The fourth-order valence-electron chi connectivity index (χ4n) is 4.20. The van der Waals surface area contributed by atoms with Gasteiger partial charge in [-0.2, -0.15) is 18.3 Å². The number of aromatic amines is 1. The predicted molar refractivity (Wildman–Crippen MR) is 125 cm³/mol. The maximum Gasteiger partial charge on any atom is 0.418 e. The lowest BCUT2D eigenvalue weighted by molar-refractivity contribution is -0.138. The topological polar surface area (TPSA) is 113 Å². The standard InChI is InChI=1S/C22H26ClF3N6O4/c1-13(29-16-10-28-30-21(34)19(16)23)12-35-6-3-18(33)31-4-5-32-15(11-31)2-7-36-17-8-14(22(24,25)26)9-27-20(17)32/h8-10,13,15H,2-7,11-12H2,1H3,(H2,29,30,34)/t13-,15+/m0/s1. The van der Waals surface area contributed by atoms with Gasteiger partial charge in [-0.25, -0.2) is 10.1 Å². The molecule has 10 nitrogen and oxygen atoms in total. The van der Waals surface area contributed by atoms with Gasteiger partial charge in [-0.3, -0.25) is 9.59 Å². The van der Waals surface area contributed by atoms with Gasteiger partial charge in [0.05, 0.1) is 49.7 Å². The van der Waals surface area contributed by atoms with E-state index in [1.54, 1.807) is 4.90 Å². The molecule has 0 bridgehead atoms. The Hall–Kier alpha value is -3.06. The third-order valence-electron chi connectivity index (χ3n) is 6.00. The van der Waals surface area contributed by atoms with Crippen LogP contribution in [0.25, 0.3) is 0 Å². The van der Waals surface area contributed by atoms with E-state index in [9.17, 15) is 22.8 Å². The molecule has 0 aliphatic carbocycles. The Morgan fingerprint density at radius 3 is 2.97 bits per heavy atom. The van der Waals surface area contributed by atoms with Gasteiger partial charge < -0.3 is 24.6 Å². The monoisotopic (exact) mass is 530 g/mol. The number of pyridine rings is 1. The summed E-state index contributed by atoms with van der Waals surface area (Å²) in [7, 11) is 0. The third kappa shape index (κ3) is 6.01. The number of piperazine rings is 1. The number of carbonyl (C=O) groups is 1. The van der Waals surface area contributed by atoms with Crippen LogP contribution in [0, 0.1) is 0 Å². The molecule has 2 aliphatic heterocycles. The number of halogens is 4. The highest BCUT2D eigenvalue weighted by Gasteiger charge is 2.36. The maximum atomic E-state index is 13.0. The minimum Gasteiger partial charge on any atom is -0.490 e. The average Bonchev–Trinajstić information content (AvgIpc) is 3.02. The molecule has 0 saturated carbocycles. The molecule has 1 saturated heterocycles. The number of hydrogen-bond acceptors (Lipinski definition) is 8. The average molecular weight is 531 g/mol. The highest BCUT2D eigenvalue weighted by atomic mass is 35.5. The number of hydrogen-bond donors (Lipinski definition) is 2. The summed E-state index contributed by atoms with van der Waals surface area (Å²) in [5.74, 6) is 0.418. The van der Waals surface area contributed by atoms with E-state index in [1.807, 2.05) is 11.8 Å². The van der Waals surface area contributed by atoms with Gasteiger partial charge in [0.2, 0.25) is 5.91 Å². The van der Waals surface area contributed by atoms with E-state index in [4.69, 9.17) is 21.1 Å². The zero-order valence-electron chi connectivity index (χ0n) is 19.5. The second kappa shape index (κ2) is 10.9. The van der Waals surface area contributed by atoms with Crippen LogP contribution in [0.2, 0.25) is 5.02 Å². The Bertz CT molecular complexity index is 1150. The lowest BCUT2D eigenvalue weighted by Gasteiger charge is -2.41. The minimum absolute atomic E-state index is 0.00805. The van der Waals surface area contributed by atoms with Crippen molar-refractivity contribution < 1.29 is 27.4 Å². The van der Waals surface area contributed by atoms with Gasteiger partial charge in [0, 0.05) is 38.3 Å². The van der Waals surface area contributed by atoms with Crippen LogP contribution < -0.4 is 20.5 Å². The number of nitrogens with one attached hydrogen (secondary N) is 2. The van der Waals surface area contributed by atoms with Crippen LogP contribution >= 0.6 is 11.6 Å². The molecule has 4 rings (SSSR count). The fourth-order valence-corrected chi connectivity index (χ4v) is 4.34. The van der Waals surface area contributed by atoms with E-state index < -0.39 is 17.3 Å². The van der Waals surface area contributed by atoms with Crippen molar-refractivity contribution in [3.05, 3.63) is 39.4 Å².